The van der Waals surface area contributed by atoms with E-state index in [1.165, 1.54) is 0 Å². The lowest BCUT2D eigenvalue weighted by Crippen LogP contribution is -2.51. The molecule has 0 aromatic heterocycles. The third-order valence-electron chi connectivity index (χ3n) is 3.28. The largest absolute Gasteiger partial charge is 0.477 e. The number of halogens is 2. The molecule has 5 nitrogen and oxygen atoms in total. The summed E-state index contributed by atoms with van der Waals surface area (Å²) >= 11 is 0. The Balaban J connectivity index is 2.06. The Bertz CT molecular complexity index is 527. The topological polar surface area (TPSA) is 76.0 Å². The molecule has 1 aliphatic rings. The zero-order valence-electron chi connectivity index (χ0n) is 10.7. The van der Waals surface area contributed by atoms with Crippen molar-refractivity contribution in [2.45, 2.75) is 31.3 Å². The van der Waals surface area contributed by atoms with Crippen molar-refractivity contribution in [1.82, 2.24) is 0 Å². The van der Waals surface area contributed by atoms with Crippen molar-refractivity contribution < 1.29 is 33.3 Å². The molecule has 0 radical (unpaired) electrons. The van der Waals surface area contributed by atoms with Crippen LogP contribution in [-0.2, 0) is 11.2 Å². The van der Waals surface area contributed by atoms with Gasteiger partial charge in [0.25, 0.3) is 0 Å². The molecule has 1 heterocycles. The van der Waals surface area contributed by atoms with Gasteiger partial charge in [0, 0.05) is 0 Å². The highest BCUT2D eigenvalue weighted by Gasteiger charge is 2.55. The van der Waals surface area contributed by atoms with Crippen molar-refractivity contribution in [3.8, 4) is 11.5 Å². The van der Waals surface area contributed by atoms with Crippen LogP contribution in [0.25, 0.3) is 0 Å². The van der Waals surface area contributed by atoms with E-state index in [1.807, 2.05) is 0 Å². The number of aryl methyl sites for hydroxylation is 1. The van der Waals surface area contributed by atoms with E-state index in [2.05, 4.69) is 0 Å². The highest BCUT2D eigenvalue weighted by atomic mass is 19.3. The molecule has 0 aliphatic carbocycles. The number of hydrogen-bond acceptors (Lipinski definition) is 4. The number of rotatable bonds is 5. The molecule has 0 saturated heterocycles. The van der Waals surface area contributed by atoms with Crippen LogP contribution < -0.4 is 9.47 Å². The predicted molar refractivity (Wildman–Crippen MR) is 64.1 cm³/mol. The minimum atomic E-state index is -4.21. The quantitative estimate of drug-likeness (QED) is 0.864. The number of ether oxygens (including phenoxy) is 2. The van der Waals surface area contributed by atoms with Crippen molar-refractivity contribution in [2.24, 2.45) is 0 Å². The van der Waals surface area contributed by atoms with Crippen LogP contribution in [0.1, 0.15) is 18.9 Å². The van der Waals surface area contributed by atoms with Gasteiger partial charge in [-0.15, -0.1) is 0 Å². The van der Waals surface area contributed by atoms with Gasteiger partial charge in [0.2, 0.25) is 6.79 Å². The van der Waals surface area contributed by atoms with Crippen molar-refractivity contribution in [3.05, 3.63) is 23.8 Å². The van der Waals surface area contributed by atoms with Gasteiger partial charge in [0.1, 0.15) is 5.60 Å². The van der Waals surface area contributed by atoms with Crippen molar-refractivity contribution >= 4 is 5.97 Å². The van der Waals surface area contributed by atoms with Gasteiger partial charge >= 0.3 is 11.9 Å². The van der Waals surface area contributed by atoms with Gasteiger partial charge in [-0.25, -0.2) is 4.79 Å². The highest BCUT2D eigenvalue weighted by molar-refractivity contribution is 5.77. The first-order chi connectivity index (χ1) is 9.24. The molecule has 1 aromatic rings. The summed E-state index contributed by atoms with van der Waals surface area (Å²) in [4.78, 5) is 10.5. The summed E-state index contributed by atoms with van der Waals surface area (Å²) in [5, 5.41) is 18.1. The Hall–Kier alpha value is -1.89. The van der Waals surface area contributed by atoms with Gasteiger partial charge in [0.05, 0.1) is 0 Å². The third-order valence-corrected chi connectivity index (χ3v) is 3.28. The van der Waals surface area contributed by atoms with E-state index in [0.717, 1.165) is 6.92 Å². The number of alkyl halides is 2. The van der Waals surface area contributed by atoms with Crippen molar-refractivity contribution in [2.75, 3.05) is 6.79 Å². The number of aliphatic carboxylic acids is 1. The summed E-state index contributed by atoms with van der Waals surface area (Å²) in [5.74, 6) is -5.47. The second-order valence-electron chi connectivity index (χ2n) is 4.84. The van der Waals surface area contributed by atoms with Crippen molar-refractivity contribution in [3.63, 3.8) is 0 Å². The molecule has 0 bridgehead atoms. The predicted octanol–water partition coefficient (Wildman–Crippen LogP) is 1.82. The molecular formula is C13H14F2O5. The molecule has 1 aliphatic heterocycles. The molecule has 1 aromatic carbocycles. The molecule has 1 atom stereocenters. The molecule has 0 spiro atoms. The van der Waals surface area contributed by atoms with Gasteiger partial charge in [-0.05, 0) is 37.5 Å². The zero-order valence-corrected chi connectivity index (χ0v) is 10.7. The molecule has 7 heteroatoms. The van der Waals surface area contributed by atoms with E-state index in [0.29, 0.717) is 17.1 Å². The van der Waals surface area contributed by atoms with Crippen LogP contribution in [-0.4, -0.2) is 34.5 Å². The van der Waals surface area contributed by atoms with Crippen LogP contribution >= 0.6 is 0 Å². The molecule has 0 fully saturated rings. The molecule has 2 N–H and O–H groups in total. The van der Waals surface area contributed by atoms with Gasteiger partial charge < -0.3 is 19.7 Å². The van der Waals surface area contributed by atoms with E-state index in [-0.39, 0.29) is 13.2 Å². The Morgan fingerprint density at radius 2 is 2.00 bits per heavy atom. The second-order valence-corrected chi connectivity index (χ2v) is 4.84. The Labute approximate surface area is 113 Å². The fourth-order valence-electron chi connectivity index (χ4n) is 1.87. The fourth-order valence-corrected chi connectivity index (χ4v) is 1.87. The Morgan fingerprint density at radius 3 is 2.65 bits per heavy atom. The summed E-state index contributed by atoms with van der Waals surface area (Å²) in [7, 11) is 0. The first-order valence-electron chi connectivity index (χ1n) is 5.96. The van der Waals surface area contributed by atoms with E-state index in [4.69, 9.17) is 14.6 Å². The molecule has 20 heavy (non-hydrogen) atoms. The van der Waals surface area contributed by atoms with E-state index in [9.17, 15) is 18.7 Å². The second kappa shape index (κ2) is 4.90. The number of carbonyl (C=O) groups is 1. The average molecular weight is 288 g/mol. The standard InChI is InChI=1S/C13H14F2O5/c1-12(18,13(14,15)11(16)17)5-4-8-2-3-9-10(6-8)20-7-19-9/h2-3,6,18H,4-5,7H2,1H3,(H,16,17). The molecule has 2 rings (SSSR count). The van der Waals surface area contributed by atoms with Gasteiger partial charge in [-0.1, -0.05) is 6.07 Å². The van der Waals surface area contributed by atoms with Crippen molar-refractivity contribution in [1.29, 1.82) is 0 Å². The van der Waals surface area contributed by atoms with Gasteiger partial charge in [0.15, 0.2) is 11.5 Å². The summed E-state index contributed by atoms with van der Waals surface area (Å²) in [6.07, 6.45) is -0.307. The van der Waals surface area contributed by atoms with Crippen LogP contribution in [0.15, 0.2) is 18.2 Å². The number of carboxylic acid groups (broad SMARTS) is 1. The monoisotopic (exact) mass is 288 g/mol. The van der Waals surface area contributed by atoms with Crippen LogP contribution in [0.4, 0.5) is 8.78 Å². The molecule has 1 unspecified atom stereocenters. The van der Waals surface area contributed by atoms with Crippen LogP contribution in [0.2, 0.25) is 0 Å². The summed E-state index contributed by atoms with van der Waals surface area (Å²) in [6, 6.07) is 4.92. The lowest BCUT2D eigenvalue weighted by atomic mass is 9.90. The maximum Gasteiger partial charge on any atom is 0.377 e. The smallest absolute Gasteiger partial charge is 0.377 e. The number of hydrogen-bond donors (Lipinski definition) is 2. The average Bonchev–Trinajstić information content (AvgIpc) is 2.83. The van der Waals surface area contributed by atoms with Gasteiger partial charge in [-0.2, -0.15) is 8.78 Å². The highest BCUT2D eigenvalue weighted by Crippen LogP contribution is 2.35. The minimum absolute atomic E-state index is 0.0898. The Kier molecular flexibility index (Phi) is 3.56. The molecule has 0 amide bonds. The third kappa shape index (κ3) is 2.53. The maximum absolute atomic E-state index is 13.4. The molecule has 110 valence electrons. The summed E-state index contributed by atoms with van der Waals surface area (Å²) in [6.45, 7) is 0.918. The number of benzene rings is 1. The van der Waals surface area contributed by atoms with E-state index in [1.54, 1.807) is 18.2 Å². The maximum atomic E-state index is 13.4. The van der Waals surface area contributed by atoms with Crippen LogP contribution in [0.3, 0.4) is 0 Å². The van der Waals surface area contributed by atoms with E-state index >= 15 is 0 Å². The molecular weight excluding hydrogens is 274 g/mol. The Morgan fingerprint density at radius 1 is 1.35 bits per heavy atom. The summed E-state index contributed by atoms with van der Waals surface area (Å²) < 4.78 is 37.0. The number of fused-ring (bicyclic) bond motifs is 1. The normalized spacial score (nSPS) is 16.8. The first kappa shape index (κ1) is 14.5. The van der Waals surface area contributed by atoms with E-state index < -0.39 is 23.9 Å². The first-order valence-corrected chi connectivity index (χ1v) is 5.96. The number of carboxylic acids is 1. The van der Waals surface area contributed by atoms with Crippen LogP contribution in [0.5, 0.6) is 11.5 Å². The zero-order chi connectivity index (χ0) is 15.0. The lowest BCUT2D eigenvalue weighted by Gasteiger charge is -2.29. The SMILES string of the molecule is CC(O)(CCc1ccc2c(c1)OCO2)C(F)(F)C(=O)O. The summed E-state index contributed by atoms with van der Waals surface area (Å²) in [5.41, 5.74) is -1.98. The van der Waals surface area contributed by atoms with Crippen LogP contribution in [0, 0.1) is 0 Å². The lowest BCUT2D eigenvalue weighted by molar-refractivity contribution is -0.205. The fraction of sp³-hybridized carbons (Fsp3) is 0.462. The minimum Gasteiger partial charge on any atom is -0.477 e. The number of aliphatic hydroxyl groups is 1. The molecule has 0 saturated carbocycles. The van der Waals surface area contributed by atoms with Gasteiger partial charge in [-0.3, -0.25) is 0 Å².